The van der Waals surface area contributed by atoms with Gasteiger partial charge in [0.05, 0.1) is 0 Å². The Labute approximate surface area is 157 Å². The van der Waals surface area contributed by atoms with Gasteiger partial charge in [0, 0.05) is 12.2 Å². The predicted octanol–water partition coefficient (Wildman–Crippen LogP) is 4.24. The quantitative estimate of drug-likeness (QED) is 0.503. The van der Waals surface area contributed by atoms with Gasteiger partial charge in [0.15, 0.2) is 5.16 Å². The molecule has 1 aromatic heterocycles. The Morgan fingerprint density at radius 3 is 2.46 bits per heavy atom. The van der Waals surface area contributed by atoms with E-state index < -0.39 is 5.25 Å². The number of para-hydroxylation sites is 1. The molecule has 0 radical (unpaired) electrons. The highest BCUT2D eigenvalue weighted by atomic mass is 32.2. The van der Waals surface area contributed by atoms with Crippen LogP contribution in [0.2, 0.25) is 0 Å². The van der Waals surface area contributed by atoms with Gasteiger partial charge in [-0.1, -0.05) is 66.4 Å². The van der Waals surface area contributed by atoms with Gasteiger partial charge in [0.2, 0.25) is 5.91 Å². The number of rotatable bonds is 7. The molecule has 3 aromatic rings. The van der Waals surface area contributed by atoms with E-state index in [1.807, 2.05) is 72.2 Å². The molecule has 0 aliphatic carbocycles. The first-order valence-corrected chi connectivity index (χ1v) is 9.15. The van der Waals surface area contributed by atoms with Crippen LogP contribution in [0.25, 0.3) is 0 Å². The SMILES string of the molecule is C=CCn1c(C)nnc1SC(C(=O)Nc1ccccc1)c1ccccc1. The topological polar surface area (TPSA) is 59.8 Å². The molecule has 3 rings (SSSR count). The van der Waals surface area contributed by atoms with E-state index in [4.69, 9.17) is 0 Å². The number of carbonyl (C=O) groups excluding carboxylic acids is 1. The van der Waals surface area contributed by atoms with Crippen LogP contribution in [0, 0.1) is 6.92 Å². The average Bonchev–Trinajstić information content (AvgIpc) is 3.01. The van der Waals surface area contributed by atoms with Gasteiger partial charge < -0.3 is 9.88 Å². The number of anilines is 1. The van der Waals surface area contributed by atoms with E-state index in [9.17, 15) is 4.79 Å². The number of hydrogen-bond acceptors (Lipinski definition) is 4. The summed E-state index contributed by atoms with van der Waals surface area (Å²) in [5.41, 5.74) is 1.68. The maximum Gasteiger partial charge on any atom is 0.242 e. The van der Waals surface area contributed by atoms with E-state index in [0.29, 0.717) is 11.7 Å². The largest absolute Gasteiger partial charge is 0.325 e. The van der Waals surface area contributed by atoms with Gasteiger partial charge in [-0.25, -0.2) is 0 Å². The van der Waals surface area contributed by atoms with Gasteiger partial charge in [-0.15, -0.1) is 16.8 Å². The van der Waals surface area contributed by atoms with Gasteiger partial charge in [0.25, 0.3) is 0 Å². The number of aryl methyl sites for hydroxylation is 1. The van der Waals surface area contributed by atoms with Crippen LogP contribution < -0.4 is 5.32 Å². The van der Waals surface area contributed by atoms with Crippen LogP contribution in [0.1, 0.15) is 16.6 Å². The number of nitrogens with one attached hydrogen (secondary N) is 1. The summed E-state index contributed by atoms with van der Waals surface area (Å²) in [4.78, 5) is 13.0. The summed E-state index contributed by atoms with van der Waals surface area (Å²) < 4.78 is 1.95. The van der Waals surface area contributed by atoms with Crippen molar-refractivity contribution in [3.05, 3.63) is 84.7 Å². The molecule has 0 saturated carbocycles. The normalized spacial score (nSPS) is 11.7. The third-order valence-electron chi connectivity index (χ3n) is 3.82. The molecule has 0 spiro atoms. The second-order valence-electron chi connectivity index (χ2n) is 5.69. The summed E-state index contributed by atoms with van der Waals surface area (Å²) in [5, 5.41) is 11.6. The lowest BCUT2D eigenvalue weighted by atomic mass is 10.1. The zero-order valence-corrected chi connectivity index (χ0v) is 15.3. The van der Waals surface area contributed by atoms with Crippen LogP contribution in [0.3, 0.4) is 0 Å². The van der Waals surface area contributed by atoms with Gasteiger partial charge in [-0.2, -0.15) is 0 Å². The highest BCUT2D eigenvalue weighted by Crippen LogP contribution is 2.35. The Morgan fingerprint density at radius 2 is 1.81 bits per heavy atom. The number of hydrogen-bond donors (Lipinski definition) is 1. The van der Waals surface area contributed by atoms with Crippen molar-refractivity contribution in [1.82, 2.24) is 14.8 Å². The monoisotopic (exact) mass is 364 g/mol. The smallest absolute Gasteiger partial charge is 0.242 e. The maximum atomic E-state index is 13.0. The minimum absolute atomic E-state index is 0.0989. The van der Waals surface area contributed by atoms with E-state index in [0.717, 1.165) is 17.1 Å². The molecule has 1 N–H and O–H groups in total. The summed E-state index contributed by atoms with van der Waals surface area (Å²) in [6.45, 7) is 6.27. The second kappa shape index (κ2) is 8.49. The van der Waals surface area contributed by atoms with Gasteiger partial charge in [0.1, 0.15) is 11.1 Å². The van der Waals surface area contributed by atoms with Gasteiger partial charge in [-0.05, 0) is 24.6 Å². The molecule has 1 unspecified atom stereocenters. The van der Waals surface area contributed by atoms with E-state index in [2.05, 4.69) is 22.1 Å². The van der Waals surface area contributed by atoms with Crippen molar-refractivity contribution in [1.29, 1.82) is 0 Å². The fourth-order valence-electron chi connectivity index (χ4n) is 2.52. The Hall–Kier alpha value is -2.86. The zero-order chi connectivity index (χ0) is 18.4. The van der Waals surface area contributed by atoms with Crippen LogP contribution >= 0.6 is 11.8 Å². The van der Waals surface area contributed by atoms with E-state index in [1.54, 1.807) is 6.08 Å². The molecule has 26 heavy (non-hydrogen) atoms. The average molecular weight is 364 g/mol. The van der Waals surface area contributed by atoms with Crippen LogP contribution in [0.5, 0.6) is 0 Å². The molecule has 1 amide bonds. The number of allylic oxidation sites excluding steroid dienone is 1. The third-order valence-corrected chi connectivity index (χ3v) is 5.05. The van der Waals surface area contributed by atoms with Crippen molar-refractivity contribution in [3.8, 4) is 0 Å². The summed E-state index contributed by atoms with van der Waals surface area (Å²) in [7, 11) is 0. The third kappa shape index (κ3) is 4.21. The molecule has 1 heterocycles. The Balaban J connectivity index is 1.89. The molecular formula is C20H20N4OS. The highest BCUT2D eigenvalue weighted by Gasteiger charge is 2.25. The Bertz CT molecular complexity index is 877. The fraction of sp³-hybridized carbons (Fsp3) is 0.150. The molecule has 0 saturated heterocycles. The summed E-state index contributed by atoms with van der Waals surface area (Å²) in [6.07, 6.45) is 1.79. The summed E-state index contributed by atoms with van der Waals surface area (Å²) >= 11 is 1.39. The first-order valence-electron chi connectivity index (χ1n) is 8.27. The molecule has 132 valence electrons. The molecule has 0 fully saturated rings. The number of carbonyl (C=O) groups is 1. The van der Waals surface area contributed by atoms with E-state index in [-0.39, 0.29) is 5.91 Å². The van der Waals surface area contributed by atoms with Gasteiger partial charge in [-0.3, -0.25) is 4.79 Å². The first-order chi connectivity index (χ1) is 12.7. The minimum Gasteiger partial charge on any atom is -0.325 e. The number of amides is 1. The lowest BCUT2D eigenvalue weighted by Gasteiger charge is -2.17. The van der Waals surface area contributed by atoms with Crippen molar-refractivity contribution in [2.75, 3.05) is 5.32 Å². The van der Waals surface area contributed by atoms with Crippen LogP contribution in [0.4, 0.5) is 5.69 Å². The first kappa shape index (κ1) is 17.9. The molecule has 0 bridgehead atoms. The Morgan fingerprint density at radius 1 is 1.15 bits per heavy atom. The lowest BCUT2D eigenvalue weighted by Crippen LogP contribution is -2.19. The number of benzene rings is 2. The lowest BCUT2D eigenvalue weighted by molar-refractivity contribution is -0.115. The molecule has 0 aliphatic heterocycles. The zero-order valence-electron chi connectivity index (χ0n) is 14.5. The highest BCUT2D eigenvalue weighted by molar-refractivity contribution is 8.00. The molecule has 1 atom stereocenters. The Kier molecular flexibility index (Phi) is 5.86. The van der Waals surface area contributed by atoms with Crippen LogP contribution in [-0.4, -0.2) is 20.7 Å². The minimum atomic E-state index is -0.441. The van der Waals surface area contributed by atoms with Crippen molar-refractivity contribution >= 4 is 23.4 Å². The summed E-state index contributed by atoms with van der Waals surface area (Å²) in [5.74, 6) is 0.695. The van der Waals surface area contributed by atoms with Crippen molar-refractivity contribution in [3.63, 3.8) is 0 Å². The van der Waals surface area contributed by atoms with Crippen LogP contribution in [-0.2, 0) is 11.3 Å². The standard InChI is InChI=1S/C20H20N4OS/c1-3-14-24-15(2)22-23-20(24)26-18(16-10-6-4-7-11-16)19(25)21-17-12-8-5-9-13-17/h3-13,18H,1,14H2,2H3,(H,21,25). The molecule has 2 aromatic carbocycles. The van der Waals surface area contributed by atoms with E-state index in [1.165, 1.54) is 11.8 Å². The van der Waals surface area contributed by atoms with Crippen molar-refractivity contribution in [2.24, 2.45) is 0 Å². The second-order valence-corrected chi connectivity index (χ2v) is 6.77. The van der Waals surface area contributed by atoms with Crippen molar-refractivity contribution in [2.45, 2.75) is 23.9 Å². The molecule has 0 aliphatic rings. The number of aromatic nitrogens is 3. The molecule has 5 nitrogen and oxygen atoms in total. The number of nitrogens with zero attached hydrogens (tertiary/aromatic N) is 3. The van der Waals surface area contributed by atoms with Gasteiger partial charge >= 0.3 is 0 Å². The van der Waals surface area contributed by atoms with Crippen LogP contribution in [0.15, 0.2) is 78.5 Å². The number of thioether (sulfide) groups is 1. The molecular weight excluding hydrogens is 344 g/mol. The summed E-state index contributed by atoms with van der Waals surface area (Å²) in [6, 6.07) is 19.1. The maximum absolute atomic E-state index is 13.0. The fourth-order valence-corrected chi connectivity index (χ4v) is 3.62. The predicted molar refractivity (Wildman–Crippen MR) is 105 cm³/mol. The molecule has 6 heteroatoms. The van der Waals surface area contributed by atoms with Crippen molar-refractivity contribution < 1.29 is 4.79 Å². The van der Waals surface area contributed by atoms with E-state index >= 15 is 0 Å².